The summed E-state index contributed by atoms with van der Waals surface area (Å²) in [5.41, 5.74) is 3.16. The first-order chi connectivity index (χ1) is 13.9. The molecule has 1 aliphatic heterocycles. The summed E-state index contributed by atoms with van der Waals surface area (Å²) in [6.07, 6.45) is 3.09. The number of anilines is 1. The summed E-state index contributed by atoms with van der Waals surface area (Å²) in [6.45, 7) is 2.10. The quantitative estimate of drug-likeness (QED) is 0.718. The monoisotopic (exact) mass is 477 g/mol. The van der Waals surface area contributed by atoms with Gasteiger partial charge < -0.3 is 5.32 Å². The molecule has 4 rings (SSSR count). The van der Waals surface area contributed by atoms with Crippen molar-refractivity contribution in [1.82, 2.24) is 9.21 Å². The normalized spacial score (nSPS) is 17.8. The average molecular weight is 478 g/mol. The number of rotatable bonds is 5. The van der Waals surface area contributed by atoms with Crippen molar-refractivity contribution in [2.45, 2.75) is 24.2 Å². The molecule has 2 aliphatic rings. The third-order valence-electron chi connectivity index (χ3n) is 5.55. The van der Waals surface area contributed by atoms with Gasteiger partial charge in [0.1, 0.15) is 0 Å². The first-order valence-corrected chi connectivity index (χ1v) is 12.1. The summed E-state index contributed by atoms with van der Waals surface area (Å²) < 4.78 is 28.4. The fourth-order valence-corrected chi connectivity index (χ4v) is 5.80. The van der Waals surface area contributed by atoms with E-state index in [1.165, 1.54) is 9.87 Å². The van der Waals surface area contributed by atoms with E-state index >= 15 is 0 Å². The van der Waals surface area contributed by atoms with Gasteiger partial charge in [0.15, 0.2) is 0 Å². The highest BCUT2D eigenvalue weighted by Gasteiger charge is 2.30. The maximum atomic E-state index is 13.0. The van der Waals surface area contributed by atoms with Gasteiger partial charge in [-0.2, -0.15) is 4.31 Å². The minimum absolute atomic E-state index is 0.105. The molecule has 29 heavy (non-hydrogen) atoms. The number of halogens is 1. The predicted octanol–water partition coefficient (Wildman–Crippen LogP) is 2.88. The maximum Gasteiger partial charge on any atom is 0.243 e. The Morgan fingerprint density at radius 1 is 1.00 bits per heavy atom. The van der Waals surface area contributed by atoms with Gasteiger partial charge in [-0.05, 0) is 70.6 Å². The van der Waals surface area contributed by atoms with Crippen molar-refractivity contribution in [2.75, 3.05) is 38.0 Å². The number of nitrogens with one attached hydrogen (secondary N) is 1. The van der Waals surface area contributed by atoms with E-state index in [0.717, 1.165) is 35.0 Å². The van der Waals surface area contributed by atoms with Crippen LogP contribution in [0.25, 0.3) is 0 Å². The molecule has 154 valence electrons. The van der Waals surface area contributed by atoms with Crippen LogP contribution in [0.2, 0.25) is 0 Å². The van der Waals surface area contributed by atoms with Gasteiger partial charge in [-0.3, -0.25) is 9.69 Å². The first kappa shape index (κ1) is 20.5. The summed E-state index contributed by atoms with van der Waals surface area (Å²) in [5.74, 6) is -0.105. The Morgan fingerprint density at radius 2 is 1.72 bits per heavy atom. The summed E-state index contributed by atoms with van der Waals surface area (Å²) in [7, 11) is -3.49. The third kappa shape index (κ3) is 4.55. The Kier molecular flexibility index (Phi) is 6.06. The molecule has 2 aromatic carbocycles. The number of nitrogens with zero attached hydrogens (tertiary/aromatic N) is 2. The molecule has 1 heterocycles. The number of hydrogen-bond acceptors (Lipinski definition) is 4. The lowest BCUT2D eigenvalue weighted by Gasteiger charge is -2.33. The van der Waals surface area contributed by atoms with Crippen LogP contribution in [0.3, 0.4) is 0 Å². The molecule has 1 saturated heterocycles. The smallest absolute Gasteiger partial charge is 0.243 e. The van der Waals surface area contributed by atoms with Crippen LogP contribution in [0.5, 0.6) is 0 Å². The minimum atomic E-state index is -3.49. The maximum absolute atomic E-state index is 13.0. The first-order valence-electron chi connectivity index (χ1n) is 9.82. The number of carbonyl (C=O) groups is 1. The third-order valence-corrected chi connectivity index (χ3v) is 8.14. The van der Waals surface area contributed by atoms with Crippen LogP contribution < -0.4 is 5.32 Å². The van der Waals surface area contributed by atoms with Crippen molar-refractivity contribution in [1.29, 1.82) is 0 Å². The van der Waals surface area contributed by atoms with Gasteiger partial charge in [-0.25, -0.2) is 8.42 Å². The van der Waals surface area contributed by atoms with Gasteiger partial charge in [-0.15, -0.1) is 0 Å². The topological polar surface area (TPSA) is 69.7 Å². The standard InChI is InChI=1S/C21H24BrN3O3S/c22-19-6-1-2-7-20(19)23-21(26)15-24-10-12-25(13-11-24)29(27,28)18-9-8-16-4-3-5-17(16)14-18/h1-2,6-9,14H,3-5,10-13,15H2,(H,23,26). The van der Waals surface area contributed by atoms with E-state index in [4.69, 9.17) is 0 Å². The molecule has 2 aromatic rings. The molecule has 1 amide bonds. The molecular formula is C21H24BrN3O3S. The number of sulfonamides is 1. The van der Waals surface area contributed by atoms with E-state index in [1.54, 1.807) is 6.07 Å². The summed E-state index contributed by atoms with van der Waals surface area (Å²) in [6, 6.07) is 13.0. The largest absolute Gasteiger partial charge is 0.324 e. The number of para-hydroxylation sites is 1. The van der Waals surface area contributed by atoms with Crippen molar-refractivity contribution in [3.05, 3.63) is 58.1 Å². The predicted molar refractivity (Wildman–Crippen MR) is 116 cm³/mol. The van der Waals surface area contributed by atoms with E-state index < -0.39 is 10.0 Å². The van der Waals surface area contributed by atoms with Crippen LogP contribution in [0.15, 0.2) is 51.8 Å². The highest BCUT2D eigenvalue weighted by Crippen LogP contribution is 2.27. The molecule has 0 atom stereocenters. The fourth-order valence-electron chi connectivity index (χ4n) is 3.94. The number of fused-ring (bicyclic) bond motifs is 1. The van der Waals surface area contributed by atoms with E-state index in [0.29, 0.717) is 31.1 Å². The molecule has 0 saturated carbocycles. The number of benzene rings is 2. The van der Waals surface area contributed by atoms with Crippen LogP contribution in [0.1, 0.15) is 17.5 Å². The zero-order valence-corrected chi connectivity index (χ0v) is 18.5. The molecule has 0 bridgehead atoms. The molecule has 0 aromatic heterocycles. The Balaban J connectivity index is 1.34. The molecule has 1 fully saturated rings. The van der Waals surface area contributed by atoms with E-state index in [1.807, 2.05) is 41.3 Å². The van der Waals surface area contributed by atoms with E-state index in [-0.39, 0.29) is 12.5 Å². The van der Waals surface area contributed by atoms with Crippen molar-refractivity contribution in [3.63, 3.8) is 0 Å². The average Bonchev–Trinajstić information content (AvgIpc) is 3.18. The van der Waals surface area contributed by atoms with Crippen LogP contribution >= 0.6 is 15.9 Å². The lowest BCUT2D eigenvalue weighted by molar-refractivity contribution is -0.117. The van der Waals surface area contributed by atoms with Crippen molar-refractivity contribution >= 4 is 37.5 Å². The van der Waals surface area contributed by atoms with Crippen molar-refractivity contribution in [2.24, 2.45) is 0 Å². The number of aryl methyl sites for hydroxylation is 2. The zero-order chi connectivity index (χ0) is 20.4. The minimum Gasteiger partial charge on any atom is -0.324 e. The highest BCUT2D eigenvalue weighted by atomic mass is 79.9. The SMILES string of the molecule is O=C(CN1CCN(S(=O)(=O)c2ccc3c(c2)CCC3)CC1)Nc1ccccc1Br. The molecule has 1 aliphatic carbocycles. The second-order valence-electron chi connectivity index (χ2n) is 7.49. The van der Waals surface area contributed by atoms with Gasteiger partial charge in [0.25, 0.3) is 0 Å². The van der Waals surface area contributed by atoms with Gasteiger partial charge in [0, 0.05) is 30.7 Å². The van der Waals surface area contributed by atoms with Crippen molar-refractivity contribution < 1.29 is 13.2 Å². The fraction of sp³-hybridized carbons (Fsp3) is 0.381. The molecule has 0 unspecified atom stereocenters. The Morgan fingerprint density at radius 3 is 2.48 bits per heavy atom. The summed E-state index contributed by atoms with van der Waals surface area (Å²) >= 11 is 3.42. The number of hydrogen-bond donors (Lipinski definition) is 1. The van der Waals surface area contributed by atoms with E-state index in [2.05, 4.69) is 21.2 Å². The summed E-state index contributed by atoms with van der Waals surface area (Å²) in [5, 5.41) is 2.89. The summed E-state index contributed by atoms with van der Waals surface area (Å²) in [4.78, 5) is 14.7. The highest BCUT2D eigenvalue weighted by molar-refractivity contribution is 9.10. The number of carbonyl (C=O) groups excluding carboxylic acids is 1. The Bertz CT molecular complexity index is 1020. The zero-order valence-electron chi connectivity index (χ0n) is 16.1. The molecule has 0 radical (unpaired) electrons. The van der Waals surface area contributed by atoms with Crippen LogP contribution in [0.4, 0.5) is 5.69 Å². The molecule has 1 N–H and O–H groups in total. The van der Waals surface area contributed by atoms with Crippen molar-refractivity contribution in [3.8, 4) is 0 Å². The second kappa shape index (κ2) is 8.55. The molecule has 0 spiro atoms. The number of amides is 1. The van der Waals surface area contributed by atoms with Gasteiger partial charge >= 0.3 is 0 Å². The Hall–Kier alpha value is -1.74. The lowest BCUT2D eigenvalue weighted by Crippen LogP contribution is -2.50. The number of piperazine rings is 1. The molecule has 8 heteroatoms. The molecule has 6 nitrogen and oxygen atoms in total. The van der Waals surface area contributed by atoms with E-state index in [9.17, 15) is 13.2 Å². The lowest BCUT2D eigenvalue weighted by atomic mass is 10.1. The Labute approximate surface area is 180 Å². The van der Waals surface area contributed by atoms with Gasteiger partial charge in [0.2, 0.25) is 15.9 Å². The van der Waals surface area contributed by atoms with Gasteiger partial charge in [0.05, 0.1) is 17.1 Å². The molecular weight excluding hydrogens is 454 g/mol. The van der Waals surface area contributed by atoms with Crippen LogP contribution in [-0.2, 0) is 27.7 Å². The van der Waals surface area contributed by atoms with Gasteiger partial charge in [-0.1, -0.05) is 18.2 Å². The van der Waals surface area contributed by atoms with Crippen LogP contribution in [0, 0.1) is 0 Å². The van der Waals surface area contributed by atoms with Crippen LogP contribution in [-0.4, -0.2) is 56.3 Å². The second-order valence-corrected chi connectivity index (χ2v) is 10.3.